The van der Waals surface area contributed by atoms with Gasteiger partial charge in [0.1, 0.15) is 16.6 Å². The van der Waals surface area contributed by atoms with Crippen LogP contribution in [0, 0.1) is 11.8 Å². The lowest BCUT2D eigenvalue weighted by Gasteiger charge is -2.23. The molecule has 0 saturated heterocycles. The van der Waals surface area contributed by atoms with E-state index in [1.54, 1.807) is 6.07 Å². The fourth-order valence-corrected chi connectivity index (χ4v) is 5.42. The lowest BCUT2D eigenvalue weighted by molar-refractivity contribution is 0.501. The van der Waals surface area contributed by atoms with Crippen LogP contribution in [0.15, 0.2) is 48.7 Å². The lowest BCUT2D eigenvalue weighted by atomic mass is 9.93. The molecular weight excluding hydrogens is 466 g/mol. The molecule has 34 heavy (non-hydrogen) atoms. The first-order chi connectivity index (χ1) is 15.9. The van der Waals surface area contributed by atoms with Crippen molar-refractivity contribution >= 4 is 33.0 Å². The van der Waals surface area contributed by atoms with Crippen LogP contribution < -0.4 is 14.9 Å². The van der Waals surface area contributed by atoms with Gasteiger partial charge < -0.3 is 10.6 Å². The predicted octanol–water partition coefficient (Wildman–Crippen LogP) is 4.11. The van der Waals surface area contributed by atoms with Gasteiger partial charge in [0.05, 0.1) is 11.8 Å². The Hall–Kier alpha value is -2.49. The molecular formula is C25H33N5O2S2. The zero-order valence-electron chi connectivity index (χ0n) is 20.4. The van der Waals surface area contributed by atoms with Gasteiger partial charge in [-0.25, -0.2) is 18.4 Å². The Bertz CT molecular complexity index is 1260. The Labute approximate surface area is 206 Å². The second kappa shape index (κ2) is 9.28. The van der Waals surface area contributed by atoms with Crippen LogP contribution in [0.4, 0.5) is 11.6 Å². The van der Waals surface area contributed by atoms with Crippen LogP contribution in [0.2, 0.25) is 0 Å². The minimum atomic E-state index is -3.45. The Morgan fingerprint density at radius 1 is 1.18 bits per heavy atom. The van der Waals surface area contributed by atoms with Crippen LogP contribution in [0.5, 0.6) is 0 Å². The maximum Gasteiger partial charge on any atom is 0.233 e. The molecule has 2 aromatic heterocycles. The summed E-state index contributed by atoms with van der Waals surface area (Å²) in [5, 5.41) is 0.791. The van der Waals surface area contributed by atoms with Crippen LogP contribution in [-0.4, -0.2) is 45.3 Å². The normalized spacial score (nSPS) is 19.5. The van der Waals surface area contributed by atoms with Gasteiger partial charge in [-0.3, -0.25) is 4.31 Å². The predicted molar refractivity (Wildman–Crippen MR) is 141 cm³/mol. The maximum absolute atomic E-state index is 12.2. The fourth-order valence-electron chi connectivity index (χ4n) is 4.03. The van der Waals surface area contributed by atoms with Crippen molar-refractivity contribution in [3.63, 3.8) is 0 Å². The van der Waals surface area contributed by atoms with Gasteiger partial charge in [-0.1, -0.05) is 37.3 Å². The molecule has 3 atom stereocenters. The molecule has 2 N–H and O–H groups in total. The number of aromatic nitrogens is 2. The second-order valence-electron chi connectivity index (χ2n) is 9.77. The third-order valence-electron chi connectivity index (χ3n) is 6.52. The summed E-state index contributed by atoms with van der Waals surface area (Å²) in [5.74, 6) is 2.48. The van der Waals surface area contributed by atoms with E-state index >= 15 is 0 Å². The van der Waals surface area contributed by atoms with Crippen LogP contribution in [-0.2, 0) is 22.0 Å². The van der Waals surface area contributed by atoms with E-state index in [2.05, 4.69) is 33.9 Å². The van der Waals surface area contributed by atoms with E-state index < -0.39 is 15.6 Å². The van der Waals surface area contributed by atoms with Gasteiger partial charge in [-0.05, 0) is 49.3 Å². The third-order valence-corrected chi connectivity index (χ3v) is 9.03. The minimum Gasteiger partial charge on any atom is -0.359 e. The van der Waals surface area contributed by atoms with E-state index in [4.69, 9.17) is 5.73 Å². The van der Waals surface area contributed by atoms with Crippen molar-refractivity contribution in [1.82, 2.24) is 9.97 Å². The summed E-state index contributed by atoms with van der Waals surface area (Å²) in [6, 6.07) is 13.9. The summed E-state index contributed by atoms with van der Waals surface area (Å²) < 4.78 is 25.7. The summed E-state index contributed by atoms with van der Waals surface area (Å²) in [6.07, 6.45) is 4.92. The zero-order chi connectivity index (χ0) is 24.7. The highest BCUT2D eigenvalue weighted by Gasteiger charge is 2.34. The smallest absolute Gasteiger partial charge is 0.233 e. The van der Waals surface area contributed by atoms with Gasteiger partial charge in [0.25, 0.3) is 0 Å². The average Bonchev–Trinajstić information content (AvgIpc) is 3.25. The average molecular weight is 500 g/mol. The van der Waals surface area contributed by atoms with Crippen molar-refractivity contribution in [2.24, 2.45) is 17.6 Å². The molecule has 182 valence electrons. The van der Waals surface area contributed by atoms with E-state index in [0.29, 0.717) is 18.2 Å². The lowest BCUT2D eigenvalue weighted by Crippen LogP contribution is -2.34. The van der Waals surface area contributed by atoms with Gasteiger partial charge in [0, 0.05) is 37.3 Å². The van der Waals surface area contributed by atoms with Gasteiger partial charge in [0.15, 0.2) is 0 Å². The fraction of sp³-hybridized carbons (Fsp3) is 0.440. The summed E-state index contributed by atoms with van der Waals surface area (Å²) in [6.45, 7) is 5.16. The number of nitrogens with two attached hydrogens (primary N) is 1. The highest BCUT2D eigenvalue weighted by atomic mass is 32.2. The number of nitrogens with zero attached hydrogens (tertiary/aromatic N) is 4. The van der Waals surface area contributed by atoms with Gasteiger partial charge in [0.2, 0.25) is 10.0 Å². The zero-order valence-corrected chi connectivity index (χ0v) is 22.0. The monoisotopic (exact) mass is 499 g/mol. The van der Waals surface area contributed by atoms with Gasteiger partial charge in [-0.2, -0.15) is 0 Å². The van der Waals surface area contributed by atoms with Gasteiger partial charge in [-0.15, -0.1) is 11.3 Å². The molecule has 9 heteroatoms. The Morgan fingerprint density at radius 3 is 2.44 bits per heavy atom. The molecule has 0 bridgehead atoms. The van der Waals surface area contributed by atoms with Gasteiger partial charge >= 0.3 is 0 Å². The van der Waals surface area contributed by atoms with Crippen LogP contribution in [0.3, 0.4) is 0 Å². The Balaban J connectivity index is 1.67. The van der Waals surface area contributed by atoms with Crippen molar-refractivity contribution < 1.29 is 8.42 Å². The summed E-state index contributed by atoms with van der Waals surface area (Å²) >= 11 is 1.54. The van der Waals surface area contributed by atoms with Crippen LogP contribution in [0.1, 0.15) is 30.7 Å². The summed E-state index contributed by atoms with van der Waals surface area (Å²) in [4.78, 5) is 12.4. The molecule has 7 nitrogen and oxygen atoms in total. The molecule has 2 heterocycles. The number of sulfonamides is 1. The molecule has 1 saturated carbocycles. The van der Waals surface area contributed by atoms with E-state index in [-0.39, 0.29) is 0 Å². The minimum absolute atomic E-state index is 0.377. The molecule has 0 radical (unpaired) electrons. The number of anilines is 2. The summed E-state index contributed by atoms with van der Waals surface area (Å²) in [7, 11) is 0.0774. The van der Waals surface area contributed by atoms with E-state index in [9.17, 15) is 8.42 Å². The van der Waals surface area contributed by atoms with Crippen molar-refractivity contribution in [1.29, 1.82) is 0 Å². The molecule has 1 aliphatic rings. The van der Waals surface area contributed by atoms with Crippen LogP contribution in [0.25, 0.3) is 10.6 Å². The molecule has 1 aromatic carbocycles. The molecule has 2 unspecified atom stereocenters. The van der Waals surface area contributed by atoms with E-state index in [1.807, 2.05) is 44.4 Å². The molecule has 0 amide bonds. The first-order valence-corrected chi connectivity index (χ1v) is 14.1. The topological polar surface area (TPSA) is 92.4 Å². The van der Waals surface area contributed by atoms with Crippen LogP contribution >= 0.6 is 11.3 Å². The molecule has 1 aliphatic carbocycles. The summed E-state index contributed by atoms with van der Waals surface area (Å²) in [5.41, 5.74) is 8.14. The first-order valence-electron chi connectivity index (χ1n) is 11.4. The molecule has 3 aromatic rings. The Morgan fingerprint density at radius 2 is 1.82 bits per heavy atom. The molecule has 4 rings (SSSR count). The maximum atomic E-state index is 12.2. The number of thiazole rings is 1. The number of benzene rings is 1. The third kappa shape index (κ3) is 5.59. The number of pyridine rings is 1. The molecule has 0 aliphatic heterocycles. The number of hydrogen-bond donors (Lipinski definition) is 1. The van der Waals surface area contributed by atoms with Crippen molar-refractivity contribution in [3.8, 4) is 10.6 Å². The highest BCUT2D eigenvalue weighted by Crippen LogP contribution is 2.39. The highest BCUT2D eigenvalue weighted by molar-refractivity contribution is 7.92. The quantitative estimate of drug-likeness (QED) is 0.476. The van der Waals surface area contributed by atoms with E-state index in [0.717, 1.165) is 33.7 Å². The molecule has 1 fully saturated rings. The SMILES string of the molecule is CC1CC1CN(C)c1cc(-c2ncc([C@](C)(N)Cc3ccccc3)s2)cc(N(C)S(C)(=O)=O)n1. The van der Waals surface area contributed by atoms with Crippen molar-refractivity contribution in [2.45, 2.75) is 32.2 Å². The van der Waals surface area contributed by atoms with Crippen molar-refractivity contribution in [2.75, 3.05) is 36.1 Å². The first kappa shape index (κ1) is 24.6. The second-order valence-corrected chi connectivity index (χ2v) is 12.8. The number of rotatable bonds is 9. The largest absolute Gasteiger partial charge is 0.359 e. The molecule has 0 spiro atoms. The van der Waals surface area contributed by atoms with E-state index in [1.165, 1.54) is 40.9 Å². The number of hydrogen-bond acceptors (Lipinski definition) is 7. The Kier molecular flexibility index (Phi) is 6.72. The standard InChI is InChI=1S/C25H33N5O2S2/c1-17-11-20(17)16-29(3)22-12-19(13-23(28-22)30(4)34(5,31)32)24-27-15-21(33-24)25(2,26)14-18-9-7-6-8-10-18/h6-10,12-13,15,17,20H,11,14,16,26H2,1-5H3/t17?,20?,25-/m1/s1. The van der Waals surface area contributed by atoms with Crippen molar-refractivity contribution in [3.05, 3.63) is 59.1 Å².